The van der Waals surface area contributed by atoms with Crippen molar-refractivity contribution in [1.29, 1.82) is 0 Å². The lowest BCUT2D eigenvalue weighted by atomic mass is 10.1. The third-order valence-corrected chi connectivity index (χ3v) is 5.55. The zero-order valence-electron chi connectivity index (χ0n) is 18.6. The lowest BCUT2D eigenvalue weighted by Crippen LogP contribution is -2.46. The summed E-state index contributed by atoms with van der Waals surface area (Å²) >= 11 is 0. The van der Waals surface area contributed by atoms with Crippen LogP contribution in [-0.2, 0) is 0 Å². The average molecular weight is 389 g/mol. The maximum atomic E-state index is 13.1. The highest BCUT2D eigenvalue weighted by Gasteiger charge is 2.20. The van der Waals surface area contributed by atoms with Crippen LogP contribution in [0.5, 0.6) is 0 Å². The first-order chi connectivity index (χ1) is 13.4. The van der Waals surface area contributed by atoms with Crippen LogP contribution >= 0.6 is 0 Å². The summed E-state index contributed by atoms with van der Waals surface area (Å²) in [7, 11) is 0. The van der Waals surface area contributed by atoms with Crippen molar-refractivity contribution in [3.8, 4) is 0 Å². The molecule has 1 aliphatic rings. The number of carbonyl (C=O) groups excluding carboxylic acids is 1. The third kappa shape index (κ3) is 7.01. The number of carbonyl (C=O) groups is 1. The molecule has 0 radical (unpaired) electrons. The molecule has 0 atom stereocenters. The standard InChI is InChI=1S/C23H40N4O/c1-6-25-15-17-26(18-16-25)22-10-8-7-9-21(22)24-23(28)27(13-11-19(2)3)14-12-20(4)5/h7-10,19-20H,6,11-18H2,1-5H3,(H,24,28). The summed E-state index contributed by atoms with van der Waals surface area (Å²) in [5.74, 6) is 1.19. The van der Waals surface area contributed by atoms with Crippen LogP contribution in [0.2, 0.25) is 0 Å². The number of amides is 2. The number of urea groups is 1. The van der Waals surface area contributed by atoms with Gasteiger partial charge in [0.25, 0.3) is 0 Å². The normalized spacial score (nSPS) is 15.3. The number of para-hydroxylation sites is 2. The fourth-order valence-corrected chi connectivity index (χ4v) is 3.50. The molecule has 0 spiro atoms. The van der Waals surface area contributed by atoms with Gasteiger partial charge in [-0.2, -0.15) is 0 Å². The number of hydrogen-bond acceptors (Lipinski definition) is 3. The van der Waals surface area contributed by atoms with Crippen molar-refractivity contribution < 1.29 is 4.79 Å². The molecule has 5 nitrogen and oxygen atoms in total. The molecular formula is C23H40N4O. The van der Waals surface area contributed by atoms with Crippen LogP contribution in [0.25, 0.3) is 0 Å². The molecule has 1 aromatic carbocycles. The minimum absolute atomic E-state index is 0.0287. The zero-order valence-corrected chi connectivity index (χ0v) is 18.6. The third-order valence-electron chi connectivity index (χ3n) is 5.55. The highest BCUT2D eigenvalue weighted by molar-refractivity contribution is 5.93. The molecule has 1 aliphatic heterocycles. The van der Waals surface area contributed by atoms with E-state index in [2.05, 4.69) is 61.9 Å². The summed E-state index contributed by atoms with van der Waals surface area (Å²) < 4.78 is 0. The van der Waals surface area contributed by atoms with E-state index in [1.165, 1.54) is 0 Å². The Labute approximate surface area is 172 Å². The van der Waals surface area contributed by atoms with Gasteiger partial charge in [-0.25, -0.2) is 4.79 Å². The second-order valence-electron chi connectivity index (χ2n) is 8.72. The van der Waals surface area contributed by atoms with Crippen LogP contribution in [0.3, 0.4) is 0 Å². The van der Waals surface area contributed by atoms with Gasteiger partial charge >= 0.3 is 6.03 Å². The van der Waals surface area contributed by atoms with Crippen LogP contribution in [0.1, 0.15) is 47.5 Å². The number of rotatable bonds is 9. The summed E-state index contributed by atoms with van der Waals surface area (Å²) in [5.41, 5.74) is 2.07. The van der Waals surface area contributed by atoms with Crippen LogP contribution in [0, 0.1) is 11.8 Å². The number of piperazine rings is 1. The number of anilines is 2. The van der Waals surface area contributed by atoms with Gasteiger partial charge in [-0.3, -0.25) is 0 Å². The quantitative estimate of drug-likeness (QED) is 0.663. The molecule has 1 aromatic rings. The predicted octanol–water partition coefficient (Wildman–Crippen LogP) is 4.75. The van der Waals surface area contributed by atoms with Gasteiger partial charge in [0.15, 0.2) is 0 Å². The van der Waals surface area contributed by atoms with E-state index < -0.39 is 0 Å². The monoisotopic (exact) mass is 388 g/mol. The minimum atomic E-state index is 0.0287. The molecule has 0 saturated carbocycles. The van der Waals surface area contributed by atoms with Gasteiger partial charge in [-0.15, -0.1) is 0 Å². The topological polar surface area (TPSA) is 38.8 Å². The van der Waals surface area contributed by atoms with E-state index in [1.807, 2.05) is 17.0 Å². The molecule has 0 bridgehead atoms. The van der Waals surface area contributed by atoms with Gasteiger partial charge in [-0.05, 0) is 43.4 Å². The fraction of sp³-hybridized carbons (Fsp3) is 0.696. The maximum absolute atomic E-state index is 13.1. The number of likely N-dealkylation sites (N-methyl/N-ethyl adjacent to an activating group) is 1. The molecule has 1 heterocycles. The summed E-state index contributed by atoms with van der Waals surface area (Å²) in [5, 5.41) is 3.21. The smallest absolute Gasteiger partial charge is 0.321 e. The van der Waals surface area contributed by atoms with Crippen molar-refractivity contribution in [2.24, 2.45) is 11.8 Å². The first-order valence-electron chi connectivity index (χ1n) is 11.0. The molecule has 158 valence electrons. The number of benzene rings is 1. The van der Waals surface area contributed by atoms with Crippen molar-refractivity contribution in [2.45, 2.75) is 47.5 Å². The van der Waals surface area contributed by atoms with Gasteiger partial charge < -0.3 is 20.0 Å². The van der Waals surface area contributed by atoms with Crippen LogP contribution in [0.15, 0.2) is 24.3 Å². The summed E-state index contributed by atoms with van der Waals surface area (Å²) in [4.78, 5) is 19.9. The Hall–Kier alpha value is -1.75. The Morgan fingerprint density at radius 2 is 1.57 bits per heavy atom. The molecule has 1 saturated heterocycles. The molecule has 2 amide bonds. The van der Waals surface area contributed by atoms with E-state index in [1.54, 1.807) is 0 Å². The van der Waals surface area contributed by atoms with Crippen molar-refractivity contribution in [2.75, 3.05) is 56.0 Å². The van der Waals surface area contributed by atoms with Crippen molar-refractivity contribution in [3.05, 3.63) is 24.3 Å². The molecule has 0 unspecified atom stereocenters. The first kappa shape index (κ1) is 22.5. The van der Waals surface area contributed by atoms with Crippen LogP contribution in [-0.4, -0.2) is 61.6 Å². The molecule has 2 rings (SSSR count). The molecule has 0 aliphatic carbocycles. The van der Waals surface area contributed by atoms with E-state index in [-0.39, 0.29) is 6.03 Å². The Kier molecular flexibility index (Phi) is 9.10. The Morgan fingerprint density at radius 1 is 1.00 bits per heavy atom. The highest BCUT2D eigenvalue weighted by atomic mass is 16.2. The van der Waals surface area contributed by atoms with Crippen molar-refractivity contribution in [1.82, 2.24) is 9.80 Å². The van der Waals surface area contributed by atoms with Crippen LogP contribution < -0.4 is 10.2 Å². The zero-order chi connectivity index (χ0) is 20.5. The van der Waals surface area contributed by atoms with E-state index in [9.17, 15) is 4.79 Å². The summed E-state index contributed by atoms with van der Waals surface area (Å²) in [6.45, 7) is 18.0. The predicted molar refractivity (Wildman–Crippen MR) is 120 cm³/mol. The highest BCUT2D eigenvalue weighted by Crippen LogP contribution is 2.27. The second-order valence-corrected chi connectivity index (χ2v) is 8.72. The molecule has 0 aromatic heterocycles. The van der Waals surface area contributed by atoms with E-state index >= 15 is 0 Å². The van der Waals surface area contributed by atoms with Gasteiger partial charge in [0.1, 0.15) is 0 Å². The van der Waals surface area contributed by atoms with Gasteiger partial charge in [0.05, 0.1) is 11.4 Å². The van der Waals surface area contributed by atoms with E-state index in [0.717, 1.165) is 70.0 Å². The van der Waals surface area contributed by atoms with Crippen molar-refractivity contribution >= 4 is 17.4 Å². The first-order valence-corrected chi connectivity index (χ1v) is 11.0. The number of nitrogens with one attached hydrogen (secondary N) is 1. The lowest BCUT2D eigenvalue weighted by Gasteiger charge is -2.36. The average Bonchev–Trinajstić information content (AvgIpc) is 2.68. The molecule has 1 N–H and O–H groups in total. The molecule has 1 fully saturated rings. The largest absolute Gasteiger partial charge is 0.367 e. The maximum Gasteiger partial charge on any atom is 0.321 e. The summed E-state index contributed by atoms with van der Waals surface area (Å²) in [6, 6.07) is 8.26. The molecular weight excluding hydrogens is 348 g/mol. The second kappa shape index (κ2) is 11.3. The van der Waals surface area contributed by atoms with Crippen LogP contribution in [0.4, 0.5) is 16.2 Å². The number of nitrogens with zero attached hydrogens (tertiary/aromatic N) is 3. The molecule has 28 heavy (non-hydrogen) atoms. The minimum Gasteiger partial charge on any atom is -0.367 e. The SMILES string of the molecule is CCN1CCN(c2ccccc2NC(=O)N(CCC(C)C)CCC(C)C)CC1. The van der Waals surface area contributed by atoms with Crippen molar-refractivity contribution in [3.63, 3.8) is 0 Å². The summed E-state index contributed by atoms with van der Waals surface area (Å²) in [6.07, 6.45) is 2.07. The van der Waals surface area contributed by atoms with Gasteiger partial charge in [0.2, 0.25) is 0 Å². The molecule has 5 heteroatoms. The van der Waals surface area contributed by atoms with Gasteiger partial charge in [0, 0.05) is 39.3 Å². The lowest BCUT2D eigenvalue weighted by molar-refractivity contribution is 0.205. The number of hydrogen-bond donors (Lipinski definition) is 1. The van der Waals surface area contributed by atoms with E-state index in [4.69, 9.17) is 0 Å². The fourth-order valence-electron chi connectivity index (χ4n) is 3.50. The Bertz CT molecular complexity index is 582. The Morgan fingerprint density at radius 3 is 2.11 bits per heavy atom. The van der Waals surface area contributed by atoms with Gasteiger partial charge in [-0.1, -0.05) is 46.8 Å². The van der Waals surface area contributed by atoms with E-state index in [0.29, 0.717) is 11.8 Å². The Balaban J connectivity index is 2.06.